The second kappa shape index (κ2) is 8.90. The van der Waals surface area contributed by atoms with E-state index in [0.717, 1.165) is 35.1 Å². The maximum absolute atomic E-state index is 14.0. The number of hydrogen-bond donors (Lipinski definition) is 1. The molecule has 38 heavy (non-hydrogen) atoms. The molecule has 2 amide bonds. The fraction of sp³-hybridized carbons (Fsp3) is 0.300. The molecule has 1 unspecified atom stereocenters. The number of benzene rings is 2. The van der Waals surface area contributed by atoms with Crippen LogP contribution in [0.4, 0.5) is 5.69 Å². The monoisotopic (exact) mass is 511 g/mol. The fourth-order valence-electron chi connectivity index (χ4n) is 5.63. The lowest BCUT2D eigenvalue weighted by atomic mass is 9.84. The Hall–Kier alpha value is -4.33. The van der Waals surface area contributed by atoms with E-state index in [2.05, 4.69) is 36.0 Å². The minimum Gasteiger partial charge on any atom is -0.497 e. The van der Waals surface area contributed by atoms with Gasteiger partial charge in [-0.05, 0) is 48.2 Å². The molecule has 0 bridgehead atoms. The van der Waals surface area contributed by atoms with E-state index in [4.69, 9.17) is 9.15 Å². The van der Waals surface area contributed by atoms with Gasteiger partial charge >= 0.3 is 0 Å². The SMILES string of the molecule is COc1ccc2occ(C3C4=C(CN(C(C)=O)C4=O)Nc4cccc5c4c3cn5CCC(C)C)c(=O)c2c1. The van der Waals surface area contributed by atoms with Crippen LogP contribution in [0.2, 0.25) is 0 Å². The maximum Gasteiger partial charge on any atom is 0.259 e. The van der Waals surface area contributed by atoms with Crippen LogP contribution in [-0.4, -0.2) is 34.9 Å². The quantitative estimate of drug-likeness (QED) is 0.405. The zero-order valence-electron chi connectivity index (χ0n) is 21.8. The summed E-state index contributed by atoms with van der Waals surface area (Å²) in [5.74, 6) is -0.402. The van der Waals surface area contributed by atoms with Gasteiger partial charge in [0.1, 0.15) is 11.3 Å². The molecule has 0 saturated heterocycles. The molecule has 2 aromatic carbocycles. The Bertz CT molecular complexity index is 1730. The number of fused-ring (bicyclic) bond motifs is 1. The van der Waals surface area contributed by atoms with Crippen molar-refractivity contribution in [3.05, 3.63) is 81.5 Å². The summed E-state index contributed by atoms with van der Waals surface area (Å²) in [5.41, 5.74) is 4.28. The molecule has 8 nitrogen and oxygen atoms in total. The molecule has 1 N–H and O–H groups in total. The number of methoxy groups -OCH3 is 1. The molecule has 8 heteroatoms. The van der Waals surface area contributed by atoms with E-state index in [9.17, 15) is 14.4 Å². The van der Waals surface area contributed by atoms with Crippen LogP contribution in [0.25, 0.3) is 21.9 Å². The van der Waals surface area contributed by atoms with Crippen molar-refractivity contribution in [2.75, 3.05) is 19.0 Å². The highest BCUT2D eigenvalue weighted by molar-refractivity contribution is 6.11. The Morgan fingerprint density at radius 1 is 1.18 bits per heavy atom. The molecule has 2 aromatic heterocycles. The van der Waals surface area contributed by atoms with E-state index < -0.39 is 11.8 Å². The number of ether oxygens (including phenoxy) is 1. The zero-order valence-corrected chi connectivity index (χ0v) is 21.8. The van der Waals surface area contributed by atoms with Crippen molar-refractivity contribution in [1.82, 2.24) is 9.47 Å². The van der Waals surface area contributed by atoms with Gasteiger partial charge in [-0.25, -0.2) is 0 Å². The van der Waals surface area contributed by atoms with Gasteiger partial charge in [-0.15, -0.1) is 0 Å². The molecule has 4 aromatic rings. The van der Waals surface area contributed by atoms with Crippen molar-refractivity contribution >= 4 is 39.4 Å². The van der Waals surface area contributed by atoms with Gasteiger partial charge in [0.25, 0.3) is 5.91 Å². The molecule has 4 heterocycles. The summed E-state index contributed by atoms with van der Waals surface area (Å²) in [6.07, 6.45) is 4.49. The summed E-state index contributed by atoms with van der Waals surface area (Å²) in [6.45, 7) is 6.67. The summed E-state index contributed by atoms with van der Waals surface area (Å²) in [7, 11) is 1.54. The van der Waals surface area contributed by atoms with Gasteiger partial charge in [0, 0.05) is 42.0 Å². The minimum absolute atomic E-state index is 0.126. The smallest absolute Gasteiger partial charge is 0.259 e. The number of nitrogens with one attached hydrogen (secondary N) is 1. The molecule has 2 aliphatic heterocycles. The number of carbonyl (C=O) groups is 2. The number of imide groups is 1. The predicted octanol–water partition coefficient (Wildman–Crippen LogP) is 5.00. The molecule has 0 spiro atoms. The van der Waals surface area contributed by atoms with Crippen molar-refractivity contribution in [3.63, 3.8) is 0 Å². The number of anilines is 1. The number of aryl methyl sites for hydroxylation is 1. The predicted molar refractivity (Wildman–Crippen MR) is 145 cm³/mol. The number of rotatable bonds is 5. The van der Waals surface area contributed by atoms with Gasteiger partial charge < -0.3 is 19.0 Å². The lowest BCUT2D eigenvalue weighted by molar-refractivity contribution is -0.139. The lowest BCUT2D eigenvalue weighted by Gasteiger charge is -2.19. The van der Waals surface area contributed by atoms with Crippen LogP contribution in [-0.2, 0) is 16.1 Å². The van der Waals surface area contributed by atoms with E-state index >= 15 is 0 Å². The van der Waals surface area contributed by atoms with E-state index in [1.54, 1.807) is 25.3 Å². The van der Waals surface area contributed by atoms with Gasteiger partial charge in [0.15, 0.2) is 5.43 Å². The molecule has 2 aliphatic rings. The van der Waals surface area contributed by atoms with Gasteiger partial charge in [-0.1, -0.05) is 19.9 Å². The fourth-order valence-corrected chi connectivity index (χ4v) is 5.63. The number of nitrogens with zero attached hydrogens (tertiary/aromatic N) is 2. The van der Waals surface area contributed by atoms with E-state index in [1.807, 2.05) is 12.1 Å². The average molecular weight is 512 g/mol. The maximum atomic E-state index is 14.0. The number of aromatic nitrogens is 1. The molecule has 1 atom stereocenters. The first kappa shape index (κ1) is 24.0. The van der Waals surface area contributed by atoms with E-state index in [1.165, 1.54) is 18.1 Å². The second-order valence-corrected chi connectivity index (χ2v) is 10.4. The van der Waals surface area contributed by atoms with Crippen LogP contribution in [0, 0.1) is 5.92 Å². The van der Waals surface area contributed by atoms with E-state index in [-0.39, 0.29) is 17.9 Å². The Morgan fingerprint density at radius 2 is 2.00 bits per heavy atom. The highest BCUT2D eigenvalue weighted by Crippen LogP contribution is 2.46. The van der Waals surface area contributed by atoms with Crippen LogP contribution in [0.3, 0.4) is 0 Å². The van der Waals surface area contributed by atoms with Crippen molar-refractivity contribution in [3.8, 4) is 5.75 Å². The van der Waals surface area contributed by atoms with Gasteiger partial charge in [0.05, 0.1) is 42.3 Å². The third kappa shape index (κ3) is 3.62. The molecule has 0 saturated carbocycles. The highest BCUT2D eigenvalue weighted by Gasteiger charge is 2.42. The van der Waals surface area contributed by atoms with Crippen molar-refractivity contribution < 1.29 is 18.7 Å². The topological polar surface area (TPSA) is 93.8 Å². The molecule has 0 aliphatic carbocycles. The number of carbonyl (C=O) groups excluding carboxylic acids is 2. The molecule has 0 radical (unpaired) electrons. The summed E-state index contributed by atoms with van der Waals surface area (Å²) in [4.78, 5) is 41.3. The Balaban J connectivity index is 1.64. The van der Waals surface area contributed by atoms with Crippen LogP contribution in [0.15, 0.2) is 69.3 Å². The Labute approximate surface area is 219 Å². The highest BCUT2D eigenvalue weighted by atomic mass is 16.5. The van der Waals surface area contributed by atoms with E-state index in [0.29, 0.717) is 39.5 Å². The minimum atomic E-state index is -0.715. The van der Waals surface area contributed by atoms with Crippen LogP contribution >= 0.6 is 0 Å². The van der Waals surface area contributed by atoms with Gasteiger partial charge in [-0.2, -0.15) is 0 Å². The third-order valence-corrected chi connectivity index (χ3v) is 7.58. The lowest BCUT2D eigenvalue weighted by Crippen LogP contribution is -2.33. The van der Waals surface area contributed by atoms with Crippen LogP contribution in [0.1, 0.15) is 44.2 Å². The Morgan fingerprint density at radius 3 is 2.74 bits per heavy atom. The summed E-state index contributed by atoms with van der Waals surface area (Å²) in [5, 5.41) is 4.79. The van der Waals surface area contributed by atoms with Gasteiger partial charge in [0.2, 0.25) is 5.91 Å². The van der Waals surface area contributed by atoms with Crippen molar-refractivity contribution in [2.45, 2.75) is 39.7 Å². The molecular weight excluding hydrogens is 482 g/mol. The first-order valence-electron chi connectivity index (χ1n) is 12.8. The molecule has 0 fully saturated rings. The zero-order chi connectivity index (χ0) is 26.7. The summed E-state index contributed by atoms with van der Waals surface area (Å²) >= 11 is 0. The summed E-state index contributed by atoms with van der Waals surface area (Å²) in [6, 6.07) is 11.1. The number of hydrogen-bond acceptors (Lipinski definition) is 6. The second-order valence-electron chi connectivity index (χ2n) is 10.4. The first-order valence-corrected chi connectivity index (χ1v) is 12.8. The average Bonchev–Trinajstić information content (AvgIpc) is 3.38. The van der Waals surface area contributed by atoms with Crippen LogP contribution in [0.5, 0.6) is 5.75 Å². The van der Waals surface area contributed by atoms with Crippen molar-refractivity contribution in [1.29, 1.82) is 0 Å². The largest absolute Gasteiger partial charge is 0.497 e. The third-order valence-electron chi connectivity index (χ3n) is 7.58. The normalized spacial score (nSPS) is 16.8. The summed E-state index contributed by atoms with van der Waals surface area (Å²) < 4.78 is 13.5. The molecule has 6 rings (SSSR count). The molecular formula is C30H29N3O5. The molecule has 194 valence electrons. The Kier molecular flexibility index (Phi) is 5.63. The number of amides is 2. The van der Waals surface area contributed by atoms with Gasteiger partial charge in [-0.3, -0.25) is 19.3 Å². The van der Waals surface area contributed by atoms with Crippen molar-refractivity contribution in [2.24, 2.45) is 5.92 Å². The standard InChI is InChI=1S/C30H29N3O5/c1-16(2)10-11-32-13-20-26(21-15-38-25-9-8-18(37-4)12-19(25)29(21)35)28-23(14-33(17(3)34)30(28)36)31-22-6-5-7-24(32)27(20)22/h5-9,12-13,15-16,26,31H,10-11,14H2,1-4H3. The first-order chi connectivity index (χ1) is 18.3. The van der Waals surface area contributed by atoms with Crippen LogP contribution < -0.4 is 15.5 Å².